The van der Waals surface area contributed by atoms with Crippen LogP contribution in [0.1, 0.15) is 15.2 Å². The number of nitrogens with zero attached hydrogens (tertiary/aromatic N) is 2. The number of phenols is 1. The highest BCUT2D eigenvalue weighted by atomic mass is 35.5. The predicted octanol–water partition coefficient (Wildman–Crippen LogP) is 3.05. The lowest BCUT2D eigenvalue weighted by Gasteiger charge is -2.06. The normalized spacial score (nSPS) is 11.3. The third-order valence-electron chi connectivity index (χ3n) is 3.52. The number of thiazole rings is 1. The molecule has 0 aliphatic carbocycles. The van der Waals surface area contributed by atoms with Gasteiger partial charge < -0.3 is 5.11 Å². The molecule has 0 saturated heterocycles. The smallest absolute Gasteiger partial charge is 0.271 e. The first-order valence-corrected chi connectivity index (χ1v) is 9.00. The fourth-order valence-electron chi connectivity index (χ4n) is 2.28. The van der Waals surface area contributed by atoms with Crippen LogP contribution in [0.5, 0.6) is 5.75 Å². The first-order chi connectivity index (χ1) is 12.6. The highest BCUT2D eigenvalue weighted by Gasteiger charge is 2.14. The van der Waals surface area contributed by atoms with Crippen LogP contribution in [0.25, 0.3) is 11.3 Å². The monoisotopic (exact) mass is 387 g/mol. The van der Waals surface area contributed by atoms with E-state index in [0.717, 1.165) is 0 Å². The maximum Gasteiger partial charge on any atom is 0.271 e. The number of hydrogen-bond donors (Lipinski definition) is 2. The fourth-order valence-corrected chi connectivity index (χ4v) is 3.26. The number of alkyl halides is 1. The van der Waals surface area contributed by atoms with Crippen molar-refractivity contribution in [2.75, 3.05) is 5.88 Å². The Hall–Kier alpha value is -2.90. The van der Waals surface area contributed by atoms with Gasteiger partial charge in [0.1, 0.15) is 11.6 Å². The summed E-state index contributed by atoms with van der Waals surface area (Å²) < 4.78 is 1.34. The zero-order valence-electron chi connectivity index (χ0n) is 13.4. The molecule has 2 aromatic carbocycles. The van der Waals surface area contributed by atoms with E-state index in [2.05, 4.69) is 10.5 Å². The summed E-state index contributed by atoms with van der Waals surface area (Å²) >= 11 is 6.92. The number of phenolic OH excluding ortho intramolecular Hbond substituents is 1. The number of aromatic nitrogens is 1. The topological polar surface area (TPSA) is 83.7 Å². The van der Waals surface area contributed by atoms with Crippen LogP contribution in [0.4, 0.5) is 0 Å². The van der Waals surface area contributed by atoms with E-state index in [1.807, 2.05) is 6.07 Å². The van der Waals surface area contributed by atoms with Gasteiger partial charge in [0.25, 0.3) is 5.91 Å². The number of carbonyl (C=O) groups is 2. The lowest BCUT2D eigenvalue weighted by atomic mass is 10.1. The van der Waals surface area contributed by atoms with Gasteiger partial charge in [-0.1, -0.05) is 18.2 Å². The number of nitrogens with one attached hydrogen (secondary N) is 1. The maximum atomic E-state index is 12.3. The Labute approximate surface area is 158 Å². The summed E-state index contributed by atoms with van der Waals surface area (Å²) in [6, 6.07) is 15.1. The molecule has 132 valence electrons. The van der Waals surface area contributed by atoms with E-state index < -0.39 is 0 Å². The summed E-state index contributed by atoms with van der Waals surface area (Å²) in [5.74, 6) is -0.861. The van der Waals surface area contributed by atoms with E-state index in [-0.39, 0.29) is 23.4 Å². The lowest BCUT2D eigenvalue weighted by molar-refractivity contribution is 0.0926. The van der Waals surface area contributed by atoms with Crippen molar-refractivity contribution in [3.8, 4) is 17.0 Å². The average molecular weight is 388 g/mol. The van der Waals surface area contributed by atoms with Crippen LogP contribution in [0.15, 0.2) is 65.1 Å². The van der Waals surface area contributed by atoms with Crippen molar-refractivity contribution in [1.82, 2.24) is 9.99 Å². The minimum absolute atomic E-state index is 0.124. The van der Waals surface area contributed by atoms with E-state index in [1.165, 1.54) is 28.0 Å². The van der Waals surface area contributed by atoms with Gasteiger partial charge in [0.15, 0.2) is 0 Å². The molecule has 2 N–H and O–H groups in total. The third kappa shape index (κ3) is 3.84. The number of amides is 1. The van der Waals surface area contributed by atoms with Gasteiger partial charge in [0, 0.05) is 10.9 Å². The first-order valence-electron chi connectivity index (χ1n) is 7.58. The number of hydrogen-bond acceptors (Lipinski definition) is 5. The van der Waals surface area contributed by atoms with E-state index in [4.69, 9.17) is 11.6 Å². The van der Waals surface area contributed by atoms with Crippen LogP contribution < -0.4 is 10.2 Å². The molecule has 0 aliphatic heterocycles. The van der Waals surface area contributed by atoms with Crippen molar-refractivity contribution < 1.29 is 14.7 Å². The molecular weight excluding hydrogens is 374 g/mol. The molecule has 0 radical (unpaired) electrons. The van der Waals surface area contributed by atoms with Crippen LogP contribution in [-0.4, -0.2) is 27.4 Å². The molecule has 0 atom stereocenters. The van der Waals surface area contributed by atoms with E-state index in [1.54, 1.807) is 41.8 Å². The first kappa shape index (κ1) is 17.9. The molecule has 1 heterocycles. The Balaban J connectivity index is 1.98. The van der Waals surface area contributed by atoms with Crippen LogP contribution in [0.3, 0.4) is 0 Å². The Kier molecular flexibility index (Phi) is 5.50. The highest BCUT2D eigenvalue weighted by Crippen LogP contribution is 2.22. The molecule has 3 aromatic rings. The van der Waals surface area contributed by atoms with Crippen molar-refractivity contribution in [2.24, 2.45) is 5.10 Å². The summed E-state index contributed by atoms with van der Waals surface area (Å²) in [5.41, 5.74) is 4.20. The molecule has 0 bridgehead atoms. The van der Waals surface area contributed by atoms with Crippen molar-refractivity contribution in [1.29, 1.82) is 0 Å². The molecule has 26 heavy (non-hydrogen) atoms. The van der Waals surface area contributed by atoms with E-state index in [0.29, 0.717) is 21.6 Å². The summed E-state index contributed by atoms with van der Waals surface area (Å²) in [6.07, 6.45) is 0. The number of aromatic hydroxyl groups is 1. The van der Waals surface area contributed by atoms with Crippen molar-refractivity contribution in [3.63, 3.8) is 0 Å². The zero-order chi connectivity index (χ0) is 18.5. The molecular formula is C18H14ClN3O3S. The number of halogens is 1. The summed E-state index contributed by atoms with van der Waals surface area (Å²) in [5, 5.41) is 15.2. The van der Waals surface area contributed by atoms with Crippen LogP contribution in [-0.2, 0) is 0 Å². The summed E-state index contributed by atoms with van der Waals surface area (Å²) in [6.45, 7) is 0. The van der Waals surface area contributed by atoms with Gasteiger partial charge in [-0.2, -0.15) is 0 Å². The van der Waals surface area contributed by atoms with Crippen molar-refractivity contribution in [2.45, 2.75) is 0 Å². The minimum atomic E-state index is -0.380. The standard InChI is InChI=1S/C18H14ClN3O3S/c19-10-16(24)22-15(12-6-8-14(23)9-7-12)11-26-18(22)21-20-17(25)13-4-2-1-3-5-13/h1-9,11,23H,10H2,(H,20,25)/b21-18+. The van der Waals surface area contributed by atoms with Gasteiger partial charge in [-0.3, -0.25) is 14.2 Å². The third-order valence-corrected chi connectivity index (χ3v) is 4.58. The molecule has 0 saturated carbocycles. The Bertz CT molecular complexity index is 995. The highest BCUT2D eigenvalue weighted by molar-refractivity contribution is 7.07. The van der Waals surface area contributed by atoms with Crippen LogP contribution in [0, 0.1) is 0 Å². The Morgan fingerprint density at radius 1 is 1.12 bits per heavy atom. The quantitative estimate of drug-likeness (QED) is 0.533. The molecule has 8 heteroatoms. The van der Waals surface area contributed by atoms with Crippen molar-refractivity contribution >= 4 is 34.8 Å². The molecule has 0 unspecified atom stereocenters. The van der Waals surface area contributed by atoms with E-state index in [9.17, 15) is 14.7 Å². The van der Waals surface area contributed by atoms with E-state index >= 15 is 0 Å². The maximum absolute atomic E-state index is 12.3. The summed E-state index contributed by atoms with van der Waals surface area (Å²) in [7, 11) is 0. The summed E-state index contributed by atoms with van der Waals surface area (Å²) in [4.78, 5) is 24.7. The predicted molar refractivity (Wildman–Crippen MR) is 100 cm³/mol. The average Bonchev–Trinajstić information content (AvgIpc) is 3.10. The molecule has 0 aliphatic rings. The molecule has 6 nitrogen and oxygen atoms in total. The van der Waals surface area contributed by atoms with Gasteiger partial charge in [0.2, 0.25) is 10.7 Å². The molecule has 1 aromatic heterocycles. The SMILES string of the molecule is O=C(N/N=c1/scc(-c2ccc(O)cc2)n1C(=O)CCl)c1ccccc1. The lowest BCUT2D eigenvalue weighted by Crippen LogP contribution is -2.29. The second kappa shape index (κ2) is 7.99. The molecule has 3 rings (SSSR count). The Morgan fingerprint density at radius 2 is 1.81 bits per heavy atom. The second-order valence-corrected chi connectivity index (χ2v) is 6.34. The van der Waals surface area contributed by atoms with Crippen LogP contribution >= 0.6 is 22.9 Å². The molecule has 0 spiro atoms. The number of carbonyl (C=O) groups excluding carboxylic acids is 2. The zero-order valence-corrected chi connectivity index (χ0v) is 15.0. The fraction of sp³-hybridized carbons (Fsp3) is 0.0556. The van der Waals surface area contributed by atoms with Crippen molar-refractivity contribution in [3.05, 3.63) is 70.3 Å². The second-order valence-electron chi connectivity index (χ2n) is 5.23. The van der Waals surface area contributed by atoms with Crippen LogP contribution in [0.2, 0.25) is 0 Å². The largest absolute Gasteiger partial charge is 0.508 e. The molecule has 0 fully saturated rings. The van der Waals surface area contributed by atoms with Gasteiger partial charge in [-0.25, -0.2) is 5.43 Å². The van der Waals surface area contributed by atoms with Gasteiger partial charge in [-0.05, 0) is 42.0 Å². The van der Waals surface area contributed by atoms with Gasteiger partial charge in [-0.15, -0.1) is 28.0 Å². The minimum Gasteiger partial charge on any atom is -0.508 e. The van der Waals surface area contributed by atoms with Gasteiger partial charge >= 0.3 is 0 Å². The number of rotatable bonds is 4. The Morgan fingerprint density at radius 3 is 2.46 bits per heavy atom. The van der Waals surface area contributed by atoms with Gasteiger partial charge in [0.05, 0.1) is 5.69 Å². The molecule has 1 amide bonds. The number of benzene rings is 2.